The number of rotatable bonds is 9. The van der Waals surface area contributed by atoms with Crippen LogP contribution in [-0.2, 0) is 17.8 Å². The van der Waals surface area contributed by atoms with Crippen LogP contribution in [-0.4, -0.2) is 55.1 Å². The van der Waals surface area contributed by atoms with Crippen molar-refractivity contribution >= 4 is 5.91 Å². The second-order valence-electron chi connectivity index (χ2n) is 7.26. The van der Waals surface area contributed by atoms with Crippen LogP contribution >= 0.6 is 0 Å². The molecule has 0 unspecified atom stereocenters. The van der Waals surface area contributed by atoms with Gasteiger partial charge in [0.1, 0.15) is 11.5 Å². The number of carbonyl (C=O) groups is 1. The second kappa shape index (κ2) is 10.9. The highest BCUT2D eigenvalue weighted by Crippen LogP contribution is 2.17. The Morgan fingerprint density at radius 2 is 1.53 bits per heavy atom. The Labute approximate surface area is 176 Å². The monoisotopic (exact) mass is 418 g/mol. The van der Waals surface area contributed by atoms with Gasteiger partial charge < -0.3 is 14.4 Å². The Bertz CT molecular complexity index is 789. The number of hydrogen-bond acceptors (Lipinski definition) is 4. The number of alkyl halides is 2. The molecule has 3 rings (SSSR count). The quantitative estimate of drug-likeness (QED) is 0.618. The highest BCUT2D eigenvalue weighted by Gasteiger charge is 2.21. The van der Waals surface area contributed by atoms with Crippen molar-refractivity contribution < 1.29 is 23.0 Å². The number of piperazine rings is 1. The predicted octanol–water partition coefficient (Wildman–Crippen LogP) is 3.96. The smallest absolute Gasteiger partial charge is 0.387 e. The first kappa shape index (κ1) is 22.0. The Kier molecular flexibility index (Phi) is 8.02. The summed E-state index contributed by atoms with van der Waals surface area (Å²) in [4.78, 5) is 16.8. The molecule has 1 fully saturated rings. The van der Waals surface area contributed by atoms with E-state index in [-0.39, 0.29) is 11.7 Å². The van der Waals surface area contributed by atoms with Crippen molar-refractivity contribution in [2.24, 2.45) is 0 Å². The van der Waals surface area contributed by atoms with Gasteiger partial charge >= 0.3 is 6.61 Å². The molecule has 0 aromatic heterocycles. The highest BCUT2D eigenvalue weighted by atomic mass is 19.3. The molecule has 5 nitrogen and oxygen atoms in total. The van der Waals surface area contributed by atoms with E-state index < -0.39 is 6.61 Å². The van der Waals surface area contributed by atoms with Crippen molar-refractivity contribution in [2.45, 2.75) is 32.9 Å². The minimum absolute atomic E-state index is 0.128. The predicted molar refractivity (Wildman–Crippen MR) is 111 cm³/mol. The first-order valence-electron chi connectivity index (χ1n) is 10.3. The molecule has 2 aromatic rings. The molecule has 0 radical (unpaired) electrons. The molecule has 0 atom stereocenters. The minimum Gasteiger partial charge on any atom is -0.494 e. The highest BCUT2D eigenvalue weighted by molar-refractivity contribution is 5.76. The van der Waals surface area contributed by atoms with E-state index in [0.717, 1.165) is 44.0 Å². The summed E-state index contributed by atoms with van der Waals surface area (Å²) < 4.78 is 34.2. The maximum Gasteiger partial charge on any atom is 0.387 e. The molecule has 0 bridgehead atoms. The van der Waals surface area contributed by atoms with Gasteiger partial charge in [0, 0.05) is 39.1 Å². The number of amides is 1. The normalized spacial score (nSPS) is 14.7. The Morgan fingerprint density at radius 1 is 0.933 bits per heavy atom. The number of nitrogens with zero attached hydrogens (tertiary/aromatic N) is 2. The lowest BCUT2D eigenvalue weighted by Gasteiger charge is -2.35. The molecule has 30 heavy (non-hydrogen) atoms. The summed E-state index contributed by atoms with van der Waals surface area (Å²) in [5.41, 5.74) is 2.16. The number of benzene rings is 2. The lowest BCUT2D eigenvalue weighted by Crippen LogP contribution is -2.48. The van der Waals surface area contributed by atoms with Gasteiger partial charge in [0.2, 0.25) is 5.91 Å². The molecule has 0 aliphatic carbocycles. The van der Waals surface area contributed by atoms with Crippen LogP contribution in [0.3, 0.4) is 0 Å². The van der Waals surface area contributed by atoms with E-state index in [1.807, 2.05) is 24.0 Å². The average Bonchev–Trinajstić information content (AvgIpc) is 2.75. The lowest BCUT2D eigenvalue weighted by molar-refractivity contribution is -0.133. The molecule has 162 valence electrons. The van der Waals surface area contributed by atoms with E-state index in [4.69, 9.17) is 4.74 Å². The van der Waals surface area contributed by atoms with Crippen LogP contribution in [0.4, 0.5) is 8.78 Å². The van der Waals surface area contributed by atoms with Crippen molar-refractivity contribution in [3.05, 3.63) is 59.7 Å². The van der Waals surface area contributed by atoms with Crippen molar-refractivity contribution in [1.82, 2.24) is 9.80 Å². The van der Waals surface area contributed by atoms with Crippen molar-refractivity contribution in [2.75, 3.05) is 32.8 Å². The largest absolute Gasteiger partial charge is 0.494 e. The molecule has 7 heteroatoms. The summed E-state index contributed by atoms with van der Waals surface area (Å²) >= 11 is 0. The van der Waals surface area contributed by atoms with Crippen molar-refractivity contribution in [1.29, 1.82) is 0 Å². The molecule has 1 aliphatic rings. The van der Waals surface area contributed by atoms with Crippen LogP contribution in [0.15, 0.2) is 48.5 Å². The Balaban J connectivity index is 1.39. The van der Waals surface area contributed by atoms with Crippen LogP contribution in [0.1, 0.15) is 24.5 Å². The van der Waals surface area contributed by atoms with Crippen molar-refractivity contribution in [3.63, 3.8) is 0 Å². The van der Waals surface area contributed by atoms with E-state index in [2.05, 4.69) is 21.8 Å². The van der Waals surface area contributed by atoms with Crippen LogP contribution in [0.2, 0.25) is 0 Å². The van der Waals surface area contributed by atoms with Crippen LogP contribution < -0.4 is 9.47 Å². The van der Waals surface area contributed by atoms with Crippen LogP contribution in [0.25, 0.3) is 0 Å². The molecular weight excluding hydrogens is 390 g/mol. The lowest BCUT2D eigenvalue weighted by atomic mass is 10.1. The van der Waals surface area contributed by atoms with Gasteiger partial charge in [-0.3, -0.25) is 9.69 Å². The Morgan fingerprint density at radius 3 is 2.13 bits per heavy atom. The molecule has 1 aliphatic heterocycles. The van der Waals surface area contributed by atoms with Gasteiger partial charge in [-0.1, -0.05) is 24.3 Å². The van der Waals surface area contributed by atoms with Gasteiger partial charge in [0.05, 0.1) is 6.61 Å². The van der Waals surface area contributed by atoms with Gasteiger partial charge in [0.25, 0.3) is 0 Å². The van der Waals surface area contributed by atoms with E-state index in [1.165, 1.54) is 17.7 Å². The van der Waals surface area contributed by atoms with Gasteiger partial charge in [-0.25, -0.2) is 0 Å². The third-order valence-corrected chi connectivity index (χ3v) is 5.14. The molecule has 0 spiro atoms. The van der Waals surface area contributed by atoms with E-state index in [9.17, 15) is 13.6 Å². The summed E-state index contributed by atoms with van der Waals surface area (Å²) in [7, 11) is 0. The van der Waals surface area contributed by atoms with Gasteiger partial charge in [-0.15, -0.1) is 0 Å². The number of aryl methyl sites for hydroxylation is 1. The summed E-state index contributed by atoms with van der Waals surface area (Å²) in [5.74, 6) is 1.14. The first-order valence-corrected chi connectivity index (χ1v) is 10.3. The number of ether oxygens (including phenoxy) is 2. The van der Waals surface area contributed by atoms with E-state index in [0.29, 0.717) is 19.4 Å². The van der Waals surface area contributed by atoms with Crippen LogP contribution in [0, 0.1) is 0 Å². The average molecular weight is 418 g/mol. The maximum absolute atomic E-state index is 12.5. The molecular formula is C23H28F2N2O3. The van der Waals surface area contributed by atoms with Gasteiger partial charge in [-0.05, 0) is 48.7 Å². The fourth-order valence-electron chi connectivity index (χ4n) is 3.52. The standard InChI is InChI=1S/C23H28F2N2O3/c1-2-29-20-8-5-19(6-9-20)17-26-13-15-27(16-14-26)22(28)12-7-18-3-10-21(11-4-18)30-23(24)25/h3-6,8-11,23H,2,7,12-17H2,1H3. The molecule has 0 N–H and O–H groups in total. The van der Waals surface area contributed by atoms with Crippen LogP contribution in [0.5, 0.6) is 11.5 Å². The zero-order valence-corrected chi connectivity index (χ0v) is 17.2. The third kappa shape index (κ3) is 6.69. The first-order chi connectivity index (χ1) is 14.5. The summed E-state index contributed by atoms with van der Waals surface area (Å²) in [5, 5.41) is 0. The van der Waals surface area contributed by atoms with Gasteiger partial charge in [0.15, 0.2) is 0 Å². The number of hydrogen-bond donors (Lipinski definition) is 0. The van der Waals surface area contributed by atoms with Gasteiger partial charge in [-0.2, -0.15) is 8.78 Å². The number of halogens is 2. The molecule has 1 heterocycles. The zero-order chi connectivity index (χ0) is 21.3. The summed E-state index contributed by atoms with van der Waals surface area (Å²) in [6.07, 6.45) is 0.994. The Hall–Kier alpha value is -2.67. The topological polar surface area (TPSA) is 42.0 Å². The fourth-order valence-corrected chi connectivity index (χ4v) is 3.52. The summed E-state index contributed by atoms with van der Waals surface area (Å²) in [6, 6.07) is 14.6. The molecule has 0 saturated carbocycles. The minimum atomic E-state index is -2.83. The molecule has 1 saturated heterocycles. The van der Waals surface area contributed by atoms with Crippen molar-refractivity contribution in [3.8, 4) is 11.5 Å². The second-order valence-corrected chi connectivity index (χ2v) is 7.26. The van der Waals surface area contributed by atoms with E-state index >= 15 is 0 Å². The SMILES string of the molecule is CCOc1ccc(CN2CCN(C(=O)CCc3ccc(OC(F)F)cc3)CC2)cc1. The maximum atomic E-state index is 12.5. The van der Waals surface area contributed by atoms with E-state index in [1.54, 1.807) is 12.1 Å². The fraction of sp³-hybridized carbons (Fsp3) is 0.435. The zero-order valence-electron chi connectivity index (χ0n) is 17.2. The molecule has 2 aromatic carbocycles. The summed E-state index contributed by atoms with van der Waals surface area (Å²) in [6.45, 7) is 3.79. The third-order valence-electron chi connectivity index (χ3n) is 5.14. The molecule has 1 amide bonds. The number of carbonyl (C=O) groups excluding carboxylic acids is 1.